The van der Waals surface area contributed by atoms with Gasteiger partial charge in [-0.25, -0.2) is 24.9 Å². The second-order valence-corrected chi connectivity index (χ2v) is 9.40. The van der Waals surface area contributed by atoms with Crippen LogP contribution in [-0.4, -0.2) is 48.6 Å². The smallest absolute Gasteiger partial charge is 0.235 e. The SMILES string of the molecule is CCn1c(-c2cnc(C)nc2)nc2c(-c3ccc4c(c3)[C@](C)(C3CCOCC3)C(=O)N4)ncnc21. The van der Waals surface area contributed by atoms with Gasteiger partial charge in [0.05, 0.1) is 11.0 Å². The molecule has 9 heteroatoms. The topological polar surface area (TPSA) is 108 Å². The number of imidazole rings is 1. The summed E-state index contributed by atoms with van der Waals surface area (Å²) in [6.07, 6.45) is 6.89. The highest BCUT2D eigenvalue weighted by Gasteiger charge is 2.48. The van der Waals surface area contributed by atoms with E-state index in [4.69, 9.17) is 9.72 Å². The molecule has 3 aromatic heterocycles. The molecule has 6 rings (SSSR count). The summed E-state index contributed by atoms with van der Waals surface area (Å²) in [4.78, 5) is 36.0. The van der Waals surface area contributed by atoms with Gasteiger partial charge in [0, 0.05) is 43.4 Å². The molecule has 0 spiro atoms. The lowest BCUT2D eigenvalue weighted by molar-refractivity contribution is -0.123. The van der Waals surface area contributed by atoms with Gasteiger partial charge in [-0.15, -0.1) is 0 Å². The maximum absolute atomic E-state index is 13.2. The zero-order valence-electron chi connectivity index (χ0n) is 20.1. The van der Waals surface area contributed by atoms with Gasteiger partial charge in [0.15, 0.2) is 5.65 Å². The van der Waals surface area contributed by atoms with Crippen molar-refractivity contribution in [2.75, 3.05) is 18.5 Å². The van der Waals surface area contributed by atoms with E-state index in [1.807, 2.05) is 19.1 Å². The number of aromatic nitrogens is 6. The van der Waals surface area contributed by atoms with Crippen molar-refractivity contribution in [1.82, 2.24) is 29.5 Å². The molecule has 0 bridgehead atoms. The predicted octanol–water partition coefficient (Wildman–Crippen LogP) is 3.92. The fourth-order valence-corrected chi connectivity index (χ4v) is 5.46. The van der Waals surface area contributed by atoms with Crippen molar-refractivity contribution >= 4 is 22.8 Å². The molecule has 35 heavy (non-hydrogen) atoms. The number of aryl methyl sites for hydroxylation is 2. The second-order valence-electron chi connectivity index (χ2n) is 9.40. The van der Waals surface area contributed by atoms with E-state index in [9.17, 15) is 4.79 Å². The molecule has 2 aliphatic rings. The second kappa shape index (κ2) is 8.20. The lowest BCUT2D eigenvalue weighted by Crippen LogP contribution is -2.41. The van der Waals surface area contributed by atoms with Gasteiger partial charge < -0.3 is 14.6 Å². The number of nitrogens with zero attached hydrogens (tertiary/aromatic N) is 6. The van der Waals surface area contributed by atoms with E-state index in [0.717, 1.165) is 57.9 Å². The van der Waals surface area contributed by atoms with Crippen molar-refractivity contribution < 1.29 is 9.53 Å². The Labute approximate surface area is 203 Å². The average molecular weight is 470 g/mol. The lowest BCUT2D eigenvalue weighted by Gasteiger charge is -2.35. The van der Waals surface area contributed by atoms with Crippen LogP contribution in [0, 0.1) is 12.8 Å². The third kappa shape index (κ3) is 3.33. The molecule has 0 aliphatic carbocycles. The van der Waals surface area contributed by atoms with Crippen LogP contribution >= 0.6 is 0 Å². The molecule has 178 valence electrons. The molecule has 9 nitrogen and oxygen atoms in total. The minimum absolute atomic E-state index is 0.0568. The Morgan fingerprint density at radius 3 is 2.63 bits per heavy atom. The highest BCUT2D eigenvalue weighted by atomic mass is 16.5. The van der Waals surface area contributed by atoms with E-state index in [0.29, 0.717) is 25.6 Å². The minimum atomic E-state index is -0.603. The Kier molecular flexibility index (Phi) is 5.10. The number of hydrogen-bond acceptors (Lipinski definition) is 7. The summed E-state index contributed by atoms with van der Waals surface area (Å²) in [7, 11) is 0. The number of hydrogen-bond donors (Lipinski definition) is 1. The first kappa shape index (κ1) is 21.8. The maximum atomic E-state index is 13.2. The van der Waals surface area contributed by atoms with E-state index < -0.39 is 5.41 Å². The van der Waals surface area contributed by atoms with Crippen LogP contribution in [0.3, 0.4) is 0 Å². The number of carbonyl (C=O) groups excluding carboxylic acids is 1. The molecule has 1 N–H and O–H groups in total. The molecular weight excluding hydrogens is 442 g/mol. The van der Waals surface area contributed by atoms with Gasteiger partial charge in [-0.2, -0.15) is 0 Å². The molecule has 4 aromatic rings. The van der Waals surface area contributed by atoms with Crippen LogP contribution in [0.15, 0.2) is 36.9 Å². The molecule has 0 saturated carbocycles. The molecule has 1 amide bonds. The standard InChI is InChI=1S/C26H27N7O2/c1-4-33-23(17-12-27-15(2)28-13-17)32-22-21(29-14-30-24(22)33)16-5-6-20-19(11-16)26(3,25(34)31-20)18-7-9-35-10-8-18/h5-6,11-14,18H,4,7-10H2,1-3H3,(H,31,34)/t26-/m0/s1. The Bertz CT molecular complexity index is 1440. The molecule has 1 fully saturated rings. The van der Waals surface area contributed by atoms with Gasteiger partial charge in [0.25, 0.3) is 0 Å². The van der Waals surface area contributed by atoms with Crippen LogP contribution < -0.4 is 5.32 Å². The highest BCUT2D eigenvalue weighted by molar-refractivity contribution is 6.07. The molecule has 2 aliphatic heterocycles. The van der Waals surface area contributed by atoms with E-state index >= 15 is 0 Å². The van der Waals surface area contributed by atoms with Gasteiger partial charge in [-0.1, -0.05) is 6.07 Å². The molecule has 1 saturated heterocycles. The quantitative estimate of drug-likeness (QED) is 0.483. The van der Waals surface area contributed by atoms with Crippen molar-refractivity contribution in [1.29, 1.82) is 0 Å². The fourth-order valence-electron chi connectivity index (χ4n) is 5.46. The highest BCUT2D eigenvalue weighted by Crippen LogP contribution is 2.47. The lowest BCUT2D eigenvalue weighted by atomic mass is 9.69. The van der Waals surface area contributed by atoms with Crippen LogP contribution in [0.5, 0.6) is 0 Å². The van der Waals surface area contributed by atoms with Crippen LogP contribution in [0.25, 0.3) is 33.8 Å². The molecule has 5 heterocycles. The first-order valence-corrected chi connectivity index (χ1v) is 12.0. The maximum Gasteiger partial charge on any atom is 0.235 e. The number of anilines is 1. The minimum Gasteiger partial charge on any atom is -0.381 e. The van der Waals surface area contributed by atoms with E-state index in [2.05, 4.69) is 49.7 Å². The summed E-state index contributed by atoms with van der Waals surface area (Å²) < 4.78 is 7.62. The normalized spacial score (nSPS) is 20.3. The van der Waals surface area contributed by atoms with Crippen LogP contribution in [0.4, 0.5) is 5.69 Å². The fraction of sp³-hybridized carbons (Fsp3) is 0.385. The van der Waals surface area contributed by atoms with Crippen molar-refractivity contribution in [3.63, 3.8) is 0 Å². The van der Waals surface area contributed by atoms with Gasteiger partial charge in [-0.05, 0) is 57.2 Å². The number of ether oxygens (including phenoxy) is 1. The largest absolute Gasteiger partial charge is 0.381 e. The van der Waals surface area contributed by atoms with E-state index in [-0.39, 0.29) is 11.8 Å². The Morgan fingerprint density at radius 1 is 1.11 bits per heavy atom. The molecule has 0 radical (unpaired) electrons. The molecule has 1 atom stereocenters. The predicted molar refractivity (Wildman–Crippen MR) is 132 cm³/mol. The van der Waals surface area contributed by atoms with Crippen molar-refractivity contribution in [2.24, 2.45) is 5.92 Å². The summed E-state index contributed by atoms with van der Waals surface area (Å²) in [6, 6.07) is 6.08. The number of nitrogens with one attached hydrogen (secondary N) is 1. The van der Waals surface area contributed by atoms with Gasteiger partial charge in [0.2, 0.25) is 5.91 Å². The Hall–Kier alpha value is -3.72. The zero-order chi connectivity index (χ0) is 24.2. The van der Waals surface area contributed by atoms with Crippen molar-refractivity contribution in [2.45, 2.75) is 45.6 Å². The molecular formula is C26H27N7O2. The first-order chi connectivity index (χ1) is 17.0. The van der Waals surface area contributed by atoms with Crippen LogP contribution in [0.2, 0.25) is 0 Å². The first-order valence-electron chi connectivity index (χ1n) is 12.0. The third-order valence-electron chi connectivity index (χ3n) is 7.50. The molecule has 1 aromatic carbocycles. The van der Waals surface area contributed by atoms with Gasteiger partial charge >= 0.3 is 0 Å². The number of amides is 1. The average Bonchev–Trinajstić information content (AvgIpc) is 3.40. The third-order valence-corrected chi connectivity index (χ3v) is 7.50. The summed E-state index contributed by atoms with van der Waals surface area (Å²) >= 11 is 0. The number of carbonyl (C=O) groups is 1. The van der Waals surface area contributed by atoms with E-state index in [1.54, 1.807) is 18.7 Å². The molecule has 0 unspecified atom stereocenters. The number of benzene rings is 1. The van der Waals surface area contributed by atoms with Crippen molar-refractivity contribution in [3.05, 3.63) is 48.3 Å². The van der Waals surface area contributed by atoms with Crippen LogP contribution in [0.1, 0.15) is 38.1 Å². The van der Waals surface area contributed by atoms with Crippen molar-refractivity contribution in [3.8, 4) is 22.6 Å². The van der Waals surface area contributed by atoms with Crippen LogP contribution in [-0.2, 0) is 21.5 Å². The number of fused-ring (bicyclic) bond motifs is 2. The monoisotopic (exact) mass is 469 g/mol. The van der Waals surface area contributed by atoms with Gasteiger partial charge in [0.1, 0.15) is 29.2 Å². The summed E-state index contributed by atoms with van der Waals surface area (Å²) in [5.74, 6) is 1.75. The summed E-state index contributed by atoms with van der Waals surface area (Å²) in [6.45, 7) is 8.06. The Balaban J connectivity index is 1.50. The number of rotatable bonds is 4. The summed E-state index contributed by atoms with van der Waals surface area (Å²) in [5, 5.41) is 3.10. The summed E-state index contributed by atoms with van der Waals surface area (Å²) in [5.41, 5.74) is 5.25. The van der Waals surface area contributed by atoms with E-state index in [1.165, 1.54) is 0 Å². The Morgan fingerprint density at radius 2 is 1.89 bits per heavy atom. The zero-order valence-corrected chi connectivity index (χ0v) is 20.1. The van der Waals surface area contributed by atoms with Gasteiger partial charge in [-0.3, -0.25) is 4.79 Å².